The Kier molecular flexibility index (Phi) is 9.78. The molecule has 0 unspecified atom stereocenters. The van der Waals surface area contributed by atoms with Gasteiger partial charge in [-0.15, -0.1) is 11.3 Å². The van der Waals surface area contributed by atoms with Gasteiger partial charge in [0.2, 0.25) is 0 Å². The number of oxime groups is 1. The van der Waals surface area contributed by atoms with Gasteiger partial charge >= 0.3 is 21.6 Å². The molecule has 18 heteroatoms. The highest BCUT2D eigenvalue weighted by molar-refractivity contribution is 7.87. The number of carboxylic acids is 1. The van der Waals surface area contributed by atoms with Crippen LogP contribution in [0.4, 0.5) is 18.3 Å². The van der Waals surface area contributed by atoms with Crippen LogP contribution < -0.4 is 10.6 Å². The smallest absolute Gasteiger partial charge is 0.476 e. The lowest BCUT2D eigenvalue weighted by Gasteiger charge is -2.49. The van der Waals surface area contributed by atoms with Crippen LogP contribution in [0.2, 0.25) is 0 Å². The Balaban J connectivity index is 1.27. The maximum Gasteiger partial charge on any atom is 0.534 e. The number of benzene rings is 3. The molecule has 2 aliphatic rings. The number of rotatable bonds is 12. The number of carbonyl (C=O) groups excluding carboxylic acids is 2. The van der Waals surface area contributed by atoms with E-state index in [-0.39, 0.29) is 17.8 Å². The summed E-state index contributed by atoms with van der Waals surface area (Å²) in [6.07, 6.45) is -0.803. The number of carboxylic acid groups (broad SMARTS) is 1. The number of nitrogens with one attached hydrogen (secondary N) is 2. The van der Waals surface area contributed by atoms with Gasteiger partial charge in [-0.3, -0.25) is 14.5 Å². The standard InChI is InChI=1S/C34H28F3N5O8S2/c1-49-41-26(29(43)39-27-24-17-18-25(50-52(47,48)34(35,36)37)28(31(45)46)42(24)30(27)44)23-19-51-32(38-23)40-33(20-11-5-2-6-12-20,21-13-7-3-8-14-21)22-15-9-4-10-16-22/h2-16,19,24,27H,17-18H2,1H3,(H,38,40)(H,39,43)(H,45,46)/t24-,27-/m0/s1. The first kappa shape index (κ1) is 36.1. The van der Waals surface area contributed by atoms with Crippen LogP contribution in [0.15, 0.2) is 113 Å². The van der Waals surface area contributed by atoms with Crippen molar-refractivity contribution in [2.45, 2.75) is 36.0 Å². The van der Waals surface area contributed by atoms with Crippen molar-refractivity contribution in [3.63, 3.8) is 0 Å². The molecule has 3 aromatic carbocycles. The first-order valence-corrected chi connectivity index (χ1v) is 17.7. The van der Waals surface area contributed by atoms with Crippen molar-refractivity contribution in [1.82, 2.24) is 15.2 Å². The lowest BCUT2D eigenvalue weighted by molar-refractivity contribution is -0.156. The summed E-state index contributed by atoms with van der Waals surface area (Å²) in [4.78, 5) is 48.9. The number of aliphatic carboxylic acids is 1. The number of carbonyl (C=O) groups is 3. The van der Waals surface area contributed by atoms with Crippen molar-refractivity contribution in [3.05, 3.63) is 130 Å². The normalized spacial score (nSPS) is 17.9. The van der Waals surface area contributed by atoms with Gasteiger partial charge in [-0.2, -0.15) is 21.6 Å². The van der Waals surface area contributed by atoms with Gasteiger partial charge < -0.3 is 24.8 Å². The minimum atomic E-state index is -6.21. The second-order valence-electron chi connectivity index (χ2n) is 11.5. The zero-order chi connectivity index (χ0) is 37.3. The van der Waals surface area contributed by atoms with Crippen LogP contribution in [-0.2, 0) is 39.1 Å². The Labute approximate surface area is 298 Å². The molecule has 3 heterocycles. The fourth-order valence-electron chi connectivity index (χ4n) is 6.18. The zero-order valence-electron chi connectivity index (χ0n) is 26.9. The van der Waals surface area contributed by atoms with Crippen molar-refractivity contribution < 1.29 is 50.1 Å². The third kappa shape index (κ3) is 6.57. The third-order valence-electron chi connectivity index (χ3n) is 8.43. The largest absolute Gasteiger partial charge is 0.534 e. The number of hydrogen-bond donors (Lipinski definition) is 3. The molecule has 52 heavy (non-hydrogen) atoms. The molecule has 2 amide bonds. The van der Waals surface area contributed by atoms with Gasteiger partial charge in [0.15, 0.2) is 22.3 Å². The number of halogens is 3. The van der Waals surface area contributed by atoms with E-state index < -0.39 is 68.9 Å². The lowest BCUT2D eigenvalue weighted by atomic mass is 9.77. The molecule has 1 saturated heterocycles. The van der Waals surface area contributed by atoms with Crippen molar-refractivity contribution in [1.29, 1.82) is 0 Å². The van der Waals surface area contributed by atoms with E-state index in [4.69, 9.17) is 4.84 Å². The van der Waals surface area contributed by atoms with Crippen LogP contribution in [-0.4, -0.2) is 71.6 Å². The average molecular weight is 756 g/mol. The van der Waals surface area contributed by atoms with Crippen LogP contribution in [0.5, 0.6) is 0 Å². The summed E-state index contributed by atoms with van der Waals surface area (Å²) in [6.45, 7) is 0. The summed E-state index contributed by atoms with van der Waals surface area (Å²) >= 11 is 1.17. The monoisotopic (exact) mass is 755 g/mol. The summed E-state index contributed by atoms with van der Waals surface area (Å²) in [5, 5.41) is 21.5. The Morgan fingerprint density at radius 3 is 1.98 bits per heavy atom. The van der Waals surface area contributed by atoms with Crippen molar-refractivity contribution in [2.75, 3.05) is 12.4 Å². The molecule has 2 aliphatic heterocycles. The number of thiazole rings is 1. The third-order valence-corrected chi connectivity index (χ3v) is 10.2. The number of nitrogens with zero attached hydrogens (tertiary/aromatic N) is 3. The van der Waals surface area contributed by atoms with Gasteiger partial charge in [-0.1, -0.05) is 96.2 Å². The first-order valence-electron chi connectivity index (χ1n) is 15.4. The quantitative estimate of drug-likeness (QED) is 0.0465. The fourth-order valence-corrected chi connectivity index (χ4v) is 7.45. The molecule has 1 aromatic heterocycles. The summed E-state index contributed by atoms with van der Waals surface area (Å²) in [5.74, 6) is -4.88. The van der Waals surface area contributed by atoms with Crippen LogP contribution in [0.25, 0.3) is 0 Å². The van der Waals surface area contributed by atoms with Crippen LogP contribution >= 0.6 is 11.3 Å². The number of amides is 2. The maximum absolute atomic E-state index is 13.6. The number of aromatic nitrogens is 1. The summed E-state index contributed by atoms with van der Waals surface area (Å²) in [5.41, 5.74) is -5.41. The predicted molar refractivity (Wildman–Crippen MR) is 181 cm³/mol. The topological polar surface area (TPSA) is 177 Å². The molecular weight excluding hydrogens is 728 g/mol. The fraction of sp³-hybridized carbons (Fsp3) is 0.206. The van der Waals surface area contributed by atoms with Gasteiger partial charge in [0.1, 0.15) is 24.4 Å². The molecule has 0 saturated carbocycles. The zero-order valence-corrected chi connectivity index (χ0v) is 28.5. The number of alkyl halides is 3. The molecule has 2 atom stereocenters. The number of allylic oxidation sites excluding steroid dienone is 1. The molecule has 6 rings (SSSR count). The minimum Gasteiger partial charge on any atom is -0.476 e. The Morgan fingerprint density at radius 1 is 0.962 bits per heavy atom. The number of β-lactam (4-membered cyclic amide) rings is 1. The summed E-state index contributed by atoms with van der Waals surface area (Å²) < 4.78 is 66.1. The van der Waals surface area contributed by atoms with E-state index >= 15 is 0 Å². The lowest BCUT2D eigenvalue weighted by Crippen LogP contribution is -2.72. The van der Waals surface area contributed by atoms with E-state index in [0.29, 0.717) is 10.0 Å². The Bertz CT molecular complexity index is 2070. The predicted octanol–water partition coefficient (Wildman–Crippen LogP) is 4.55. The summed E-state index contributed by atoms with van der Waals surface area (Å²) in [7, 11) is -5.01. The second kappa shape index (κ2) is 14.1. The van der Waals surface area contributed by atoms with Crippen LogP contribution in [0, 0.1) is 0 Å². The van der Waals surface area contributed by atoms with E-state index in [1.165, 1.54) is 18.4 Å². The molecule has 0 bridgehead atoms. The van der Waals surface area contributed by atoms with E-state index in [2.05, 4.69) is 25.0 Å². The summed E-state index contributed by atoms with van der Waals surface area (Å²) in [6, 6.07) is 26.7. The molecule has 0 radical (unpaired) electrons. The first-order chi connectivity index (χ1) is 24.8. The molecular formula is C34H28F3N5O8S2. The maximum atomic E-state index is 13.6. The van der Waals surface area contributed by atoms with Gasteiger partial charge in [0.25, 0.3) is 11.8 Å². The van der Waals surface area contributed by atoms with Gasteiger partial charge in [0.05, 0.1) is 6.04 Å². The van der Waals surface area contributed by atoms with E-state index in [9.17, 15) is 41.1 Å². The van der Waals surface area contributed by atoms with E-state index in [0.717, 1.165) is 16.7 Å². The number of anilines is 1. The molecule has 4 aromatic rings. The van der Waals surface area contributed by atoms with Crippen molar-refractivity contribution >= 4 is 50.1 Å². The average Bonchev–Trinajstić information content (AvgIpc) is 3.59. The van der Waals surface area contributed by atoms with Crippen molar-refractivity contribution in [3.8, 4) is 0 Å². The van der Waals surface area contributed by atoms with Gasteiger partial charge in [-0.25, -0.2) is 9.78 Å². The molecule has 3 N–H and O–H groups in total. The Morgan fingerprint density at radius 2 is 1.50 bits per heavy atom. The molecule has 13 nitrogen and oxygen atoms in total. The molecule has 0 aliphatic carbocycles. The van der Waals surface area contributed by atoms with Gasteiger partial charge in [-0.05, 0) is 23.1 Å². The number of hydrogen-bond acceptors (Lipinski definition) is 11. The molecule has 270 valence electrons. The highest BCUT2D eigenvalue weighted by Crippen LogP contribution is 2.42. The second-order valence-corrected chi connectivity index (χ2v) is 13.9. The Hall–Kier alpha value is -5.75. The van der Waals surface area contributed by atoms with E-state index in [1.54, 1.807) is 5.38 Å². The van der Waals surface area contributed by atoms with Gasteiger partial charge in [0, 0.05) is 11.8 Å². The number of fused-ring (bicyclic) bond motifs is 1. The minimum absolute atomic E-state index is 0.0707. The highest BCUT2D eigenvalue weighted by Gasteiger charge is 2.56. The van der Waals surface area contributed by atoms with Crippen LogP contribution in [0.1, 0.15) is 35.2 Å². The van der Waals surface area contributed by atoms with Crippen molar-refractivity contribution in [2.24, 2.45) is 5.16 Å². The van der Waals surface area contributed by atoms with E-state index in [1.807, 2.05) is 91.0 Å². The molecule has 1 fully saturated rings. The SMILES string of the molecule is CON=C(C(=O)N[C@@H]1C(=O)N2C(C(=O)O)=C(OS(=O)(=O)C(F)(F)F)CC[C@@H]12)c1csc(NC(c2ccccc2)(c2ccccc2)c2ccccc2)n1. The molecule has 0 spiro atoms. The van der Waals surface area contributed by atoms with Crippen LogP contribution in [0.3, 0.4) is 0 Å². The highest BCUT2D eigenvalue weighted by atomic mass is 32.2.